The van der Waals surface area contributed by atoms with E-state index in [-0.39, 0.29) is 18.2 Å². The van der Waals surface area contributed by atoms with Crippen LogP contribution in [0.1, 0.15) is 39.0 Å². The van der Waals surface area contributed by atoms with Crippen LogP contribution in [0.5, 0.6) is 0 Å². The topological polar surface area (TPSA) is 87.7 Å². The first kappa shape index (κ1) is 13.1. The third-order valence-corrected chi connectivity index (χ3v) is 3.60. The summed E-state index contributed by atoms with van der Waals surface area (Å²) in [5.41, 5.74) is 0. The predicted molar refractivity (Wildman–Crippen MR) is 64.3 cm³/mol. The van der Waals surface area contributed by atoms with Crippen molar-refractivity contribution in [1.82, 2.24) is 10.6 Å². The third-order valence-electron chi connectivity index (χ3n) is 3.60. The molecule has 6 heteroatoms. The lowest BCUT2D eigenvalue weighted by molar-refractivity contribution is -0.139. The fraction of sp³-hybridized carbons (Fsp3) is 0.833. The summed E-state index contributed by atoms with van der Waals surface area (Å²) in [6.45, 7) is 1.89. The number of aliphatic carboxylic acids is 1. The van der Waals surface area contributed by atoms with Gasteiger partial charge in [0.25, 0.3) is 0 Å². The van der Waals surface area contributed by atoms with Crippen LogP contribution >= 0.6 is 0 Å². The van der Waals surface area contributed by atoms with E-state index in [1.165, 1.54) is 0 Å². The van der Waals surface area contributed by atoms with Crippen molar-refractivity contribution in [2.75, 3.05) is 0 Å². The Morgan fingerprint density at radius 3 is 2.72 bits per heavy atom. The van der Waals surface area contributed by atoms with Crippen LogP contribution in [0.4, 0.5) is 4.79 Å². The van der Waals surface area contributed by atoms with Crippen LogP contribution in [-0.4, -0.2) is 41.4 Å². The number of ether oxygens (including phenoxy) is 1. The van der Waals surface area contributed by atoms with Gasteiger partial charge in [-0.25, -0.2) is 9.59 Å². The van der Waals surface area contributed by atoms with E-state index < -0.39 is 18.0 Å². The summed E-state index contributed by atoms with van der Waals surface area (Å²) in [7, 11) is 0. The lowest BCUT2D eigenvalue weighted by Crippen LogP contribution is -2.51. The first-order valence-electron chi connectivity index (χ1n) is 6.55. The second-order valence-electron chi connectivity index (χ2n) is 5.01. The minimum Gasteiger partial charge on any atom is -0.480 e. The number of carboxylic acids is 1. The molecule has 2 aliphatic rings. The molecule has 0 saturated carbocycles. The molecule has 2 bridgehead atoms. The molecule has 3 N–H and O–H groups in total. The van der Waals surface area contributed by atoms with E-state index in [0.717, 1.165) is 19.3 Å². The van der Waals surface area contributed by atoms with Crippen molar-refractivity contribution in [2.24, 2.45) is 0 Å². The SMILES string of the molecule is CCCC(NC(=O)NC1CC2CCC1O2)C(=O)O. The van der Waals surface area contributed by atoms with E-state index >= 15 is 0 Å². The van der Waals surface area contributed by atoms with Crippen LogP contribution in [0.3, 0.4) is 0 Å². The van der Waals surface area contributed by atoms with Gasteiger partial charge in [-0.3, -0.25) is 0 Å². The van der Waals surface area contributed by atoms with Gasteiger partial charge in [0.1, 0.15) is 6.04 Å². The Kier molecular flexibility index (Phi) is 4.06. The normalized spacial score (nSPS) is 31.1. The molecule has 2 fully saturated rings. The fourth-order valence-electron chi connectivity index (χ4n) is 2.70. The molecule has 0 aromatic rings. The Morgan fingerprint density at radius 2 is 2.22 bits per heavy atom. The number of rotatable bonds is 5. The predicted octanol–water partition coefficient (Wildman–Crippen LogP) is 0.859. The van der Waals surface area contributed by atoms with Gasteiger partial charge in [0.2, 0.25) is 0 Å². The average Bonchev–Trinajstić information content (AvgIpc) is 2.90. The highest BCUT2D eigenvalue weighted by molar-refractivity contribution is 5.82. The summed E-state index contributed by atoms with van der Waals surface area (Å²) < 4.78 is 5.63. The Balaban J connectivity index is 1.79. The van der Waals surface area contributed by atoms with Crippen LogP contribution in [0, 0.1) is 0 Å². The summed E-state index contributed by atoms with van der Waals surface area (Å²) >= 11 is 0. The number of nitrogens with one attached hydrogen (secondary N) is 2. The molecule has 4 unspecified atom stereocenters. The van der Waals surface area contributed by atoms with E-state index in [1.54, 1.807) is 0 Å². The second-order valence-corrected chi connectivity index (χ2v) is 5.01. The van der Waals surface area contributed by atoms with Crippen molar-refractivity contribution < 1.29 is 19.4 Å². The van der Waals surface area contributed by atoms with E-state index in [2.05, 4.69) is 10.6 Å². The average molecular weight is 256 g/mol. The number of carbonyl (C=O) groups excluding carboxylic acids is 1. The van der Waals surface area contributed by atoms with Gasteiger partial charge in [0.15, 0.2) is 0 Å². The summed E-state index contributed by atoms with van der Waals surface area (Å²) in [5.74, 6) is -0.990. The first-order valence-corrected chi connectivity index (χ1v) is 6.55. The molecular formula is C12H20N2O4. The number of carbonyl (C=O) groups is 2. The van der Waals surface area contributed by atoms with Gasteiger partial charge in [-0.1, -0.05) is 13.3 Å². The molecule has 6 nitrogen and oxygen atoms in total. The zero-order chi connectivity index (χ0) is 13.1. The maximum atomic E-state index is 11.7. The van der Waals surface area contributed by atoms with Crippen LogP contribution in [0.15, 0.2) is 0 Å². The number of hydrogen-bond acceptors (Lipinski definition) is 3. The van der Waals surface area contributed by atoms with Crippen molar-refractivity contribution in [1.29, 1.82) is 0 Å². The summed E-state index contributed by atoms with van der Waals surface area (Å²) in [6.07, 6.45) is 4.42. The minimum absolute atomic E-state index is 0.0276. The Bertz CT molecular complexity index is 334. The zero-order valence-electron chi connectivity index (χ0n) is 10.5. The van der Waals surface area contributed by atoms with Crippen LogP contribution < -0.4 is 10.6 Å². The summed E-state index contributed by atoms with van der Waals surface area (Å²) in [4.78, 5) is 22.6. The molecule has 0 aliphatic carbocycles. The van der Waals surface area contributed by atoms with Gasteiger partial charge < -0.3 is 20.5 Å². The van der Waals surface area contributed by atoms with Crippen LogP contribution in [0.2, 0.25) is 0 Å². The highest BCUT2D eigenvalue weighted by Crippen LogP contribution is 2.34. The largest absolute Gasteiger partial charge is 0.480 e. The van der Waals surface area contributed by atoms with Crippen molar-refractivity contribution in [3.05, 3.63) is 0 Å². The zero-order valence-corrected chi connectivity index (χ0v) is 10.5. The smallest absolute Gasteiger partial charge is 0.326 e. The maximum absolute atomic E-state index is 11.7. The van der Waals surface area contributed by atoms with Gasteiger partial charge in [-0.15, -0.1) is 0 Å². The molecule has 2 amide bonds. The van der Waals surface area contributed by atoms with E-state index in [0.29, 0.717) is 12.8 Å². The lowest BCUT2D eigenvalue weighted by Gasteiger charge is -2.22. The Labute approximate surface area is 106 Å². The minimum atomic E-state index is -0.990. The van der Waals surface area contributed by atoms with Crippen LogP contribution in [0.25, 0.3) is 0 Å². The fourth-order valence-corrected chi connectivity index (χ4v) is 2.70. The highest BCUT2D eigenvalue weighted by atomic mass is 16.5. The van der Waals surface area contributed by atoms with E-state index in [4.69, 9.17) is 9.84 Å². The van der Waals surface area contributed by atoms with Gasteiger partial charge in [0.05, 0.1) is 18.2 Å². The maximum Gasteiger partial charge on any atom is 0.326 e. The molecule has 0 aromatic carbocycles. The number of carboxylic acid groups (broad SMARTS) is 1. The molecular weight excluding hydrogens is 236 g/mol. The number of hydrogen-bond donors (Lipinski definition) is 3. The third kappa shape index (κ3) is 2.93. The van der Waals surface area contributed by atoms with E-state index in [1.807, 2.05) is 6.92 Å². The molecule has 0 spiro atoms. The quantitative estimate of drug-likeness (QED) is 0.680. The number of urea groups is 1. The molecule has 0 radical (unpaired) electrons. The number of amides is 2. The van der Waals surface area contributed by atoms with Crippen LogP contribution in [-0.2, 0) is 9.53 Å². The summed E-state index contributed by atoms with van der Waals surface area (Å²) in [6, 6.07) is -1.19. The van der Waals surface area contributed by atoms with Crippen molar-refractivity contribution in [3.63, 3.8) is 0 Å². The molecule has 2 heterocycles. The Hall–Kier alpha value is -1.30. The molecule has 2 aliphatic heterocycles. The molecule has 102 valence electrons. The van der Waals surface area contributed by atoms with Crippen molar-refractivity contribution in [2.45, 2.75) is 63.3 Å². The molecule has 18 heavy (non-hydrogen) atoms. The standard InChI is InChI=1S/C12H20N2O4/c1-2-3-8(11(15)16)13-12(17)14-9-6-7-4-5-10(9)18-7/h7-10H,2-6H2,1H3,(H,15,16)(H2,13,14,17). The van der Waals surface area contributed by atoms with E-state index in [9.17, 15) is 9.59 Å². The van der Waals surface area contributed by atoms with Gasteiger partial charge in [0, 0.05) is 0 Å². The highest BCUT2D eigenvalue weighted by Gasteiger charge is 2.41. The lowest BCUT2D eigenvalue weighted by atomic mass is 9.96. The molecule has 0 aromatic heterocycles. The van der Waals surface area contributed by atoms with Gasteiger partial charge in [-0.05, 0) is 25.7 Å². The Morgan fingerprint density at radius 1 is 1.44 bits per heavy atom. The molecule has 4 atom stereocenters. The second kappa shape index (κ2) is 5.56. The van der Waals surface area contributed by atoms with Gasteiger partial charge >= 0.3 is 12.0 Å². The monoisotopic (exact) mass is 256 g/mol. The van der Waals surface area contributed by atoms with Crippen molar-refractivity contribution >= 4 is 12.0 Å². The molecule has 2 saturated heterocycles. The number of fused-ring (bicyclic) bond motifs is 2. The molecule has 2 rings (SSSR count). The first-order chi connectivity index (χ1) is 8.60. The van der Waals surface area contributed by atoms with Crippen molar-refractivity contribution in [3.8, 4) is 0 Å². The van der Waals surface area contributed by atoms with Gasteiger partial charge in [-0.2, -0.15) is 0 Å². The summed E-state index contributed by atoms with van der Waals surface area (Å²) in [5, 5.41) is 14.3.